The highest BCUT2D eigenvalue weighted by molar-refractivity contribution is 5.76. The van der Waals surface area contributed by atoms with Gasteiger partial charge in [-0.3, -0.25) is 4.79 Å². The van der Waals surface area contributed by atoms with Crippen LogP contribution in [-0.2, 0) is 9.53 Å². The van der Waals surface area contributed by atoms with E-state index in [0.717, 1.165) is 12.8 Å². The second-order valence-electron chi connectivity index (χ2n) is 6.06. The number of carbonyl (C=O) groups is 1. The minimum absolute atomic E-state index is 0.0671. The first-order valence-corrected chi connectivity index (χ1v) is 6.43. The molecule has 4 atom stereocenters. The number of fused-ring (bicyclic) bond motifs is 1. The Bertz CT molecular complexity index is 367. The first kappa shape index (κ1) is 13.3. The highest BCUT2D eigenvalue weighted by Crippen LogP contribution is 2.51. The van der Waals surface area contributed by atoms with E-state index in [0.29, 0.717) is 18.4 Å². The Morgan fingerprint density at radius 3 is 2.78 bits per heavy atom. The third-order valence-corrected chi connectivity index (χ3v) is 4.18. The van der Waals surface area contributed by atoms with Crippen LogP contribution in [0.3, 0.4) is 0 Å². The summed E-state index contributed by atoms with van der Waals surface area (Å²) in [6.45, 7) is 8.40. The van der Waals surface area contributed by atoms with Crippen LogP contribution in [0.4, 0.5) is 0 Å². The molecule has 18 heavy (non-hydrogen) atoms. The second-order valence-corrected chi connectivity index (χ2v) is 6.06. The van der Waals surface area contributed by atoms with Crippen molar-refractivity contribution in [3.8, 4) is 0 Å². The van der Waals surface area contributed by atoms with Gasteiger partial charge in [0.05, 0.1) is 11.7 Å². The van der Waals surface area contributed by atoms with Crippen molar-refractivity contribution in [3.05, 3.63) is 4.91 Å². The third-order valence-electron chi connectivity index (χ3n) is 4.18. The fraction of sp³-hybridized carbons (Fsp3) is 0.846. The highest BCUT2D eigenvalue weighted by Gasteiger charge is 2.52. The average molecular weight is 252 g/mol. The van der Waals surface area contributed by atoms with Crippen molar-refractivity contribution in [1.29, 1.82) is 0 Å². The molecular formula is C13H20N2O3. The van der Waals surface area contributed by atoms with Gasteiger partial charge in [0.15, 0.2) is 0 Å². The van der Waals surface area contributed by atoms with Gasteiger partial charge in [-0.1, -0.05) is 0 Å². The maximum Gasteiger partial charge on any atom is 0.286 e. The molecule has 1 saturated carbocycles. The lowest BCUT2D eigenvalue weighted by molar-refractivity contribution is -0.120. The normalized spacial score (nSPS) is 37.2. The van der Waals surface area contributed by atoms with Crippen LogP contribution >= 0.6 is 0 Å². The van der Waals surface area contributed by atoms with E-state index in [1.54, 1.807) is 0 Å². The van der Waals surface area contributed by atoms with Gasteiger partial charge in [-0.15, -0.1) is 4.91 Å². The van der Waals surface area contributed by atoms with Crippen LogP contribution in [0.15, 0.2) is 10.2 Å². The van der Waals surface area contributed by atoms with E-state index in [2.05, 4.69) is 30.7 Å². The summed E-state index contributed by atoms with van der Waals surface area (Å²) in [5.74, 6) is 0.377. The molecule has 0 bridgehead atoms. The number of hydrogen-bond acceptors (Lipinski definition) is 4. The van der Waals surface area contributed by atoms with E-state index in [1.807, 2.05) is 0 Å². The predicted molar refractivity (Wildman–Crippen MR) is 68.5 cm³/mol. The van der Waals surface area contributed by atoms with Crippen molar-refractivity contribution >= 4 is 12.6 Å². The number of nitroso groups, excluding NO2 is 1. The summed E-state index contributed by atoms with van der Waals surface area (Å²) in [4.78, 5) is 25.4. The fourth-order valence-corrected chi connectivity index (χ4v) is 3.60. The fourth-order valence-electron chi connectivity index (χ4n) is 3.60. The molecule has 0 spiro atoms. The number of ether oxygens (including phenoxy) is 1. The molecule has 0 aromatic rings. The Hall–Kier alpha value is -1.10. The highest BCUT2D eigenvalue weighted by atomic mass is 16.5. The van der Waals surface area contributed by atoms with Crippen molar-refractivity contribution in [1.82, 2.24) is 0 Å². The zero-order chi connectivity index (χ0) is 13.3. The van der Waals surface area contributed by atoms with E-state index >= 15 is 0 Å². The van der Waals surface area contributed by atoms with E-state index in [1.165, 1.54) is 0 Å². The summed E-state index contributed by atoms with van der Waals surface area (Å²) >= 11 is 0. The van der Waals surface area contributed by atoms with Crippen molar-refractivity contribution in [2.24, 2.45) is 27.9 Å². The number of aliphatic imine (C=N–C) groups is 1. The van der Waals surface area contributed by atoms with Gasteiger partial charge in [0.1, 0.15) is 0 Å². The molecule has 3 unspecified atom stereocenters. The molecule has 0 N–H and O–H groups in total. The summed E-state index contributed by atoms with van der Waals surface area (Å²) in [7, 11) is 0. The minimum atomic E-state index is -0.570. The molecule has 1 amide bonds. The van der Waals surface area contributed by atoms with E-state index in [9.17, 15) is 9.70 Å². The zero-order valence-electron chi connectivity index (χ0n) is 11.0. The van der Waals surface area contributed by atoms with Crippen LogP contribution < -0.4 is 0 Å². The standard InChI is InChI=1S/C13H20N2O3/c1-13(2)6-10-9(7-14-3)4-8(12(10)18-13)5-11(16)15-17/h8-10,12H,3-7H2,1-2H3/t8?,9-,10?,12?/m1/s1. The minimum Gasteiger partial charge on any atom is -0.372 e. The molecule has 2 fully saturated rings. The summed E-state index contributed by atoms with van der Waals surface area (Å²) in [5, 5.41) is 2.49. The predicted octanol–water partition coefficient (Wildman–Crippen LogP) is 2.19. The number of hydrogen-bond donors (Lipinski definition) is 0. The first-order chi connectivity index (χ1) is 8.46. The molecule has 100 valence electrons. The molecule has 5 heteroatoms. The summed E-state index contributed by atoms with van der Waals surface area (Å²) in [6.07, 6.45) is 2.13. The summed E-state index contributed by atoms with van der Waals surface area (Å²) in [5.41, 5.74) is -0.148. The molecule has 1 aliphatic carbocycles. The lowest BCUT2D eigenvalue weighted by Gasteiger charge is -2.23. The maximum absolute atomic E-state index is 11.2. The van der Waals surface area contributed by atoms with Crippen molar-refractivity contribution in [2.45, 2.75) is 44.8 Å². The van der Waals surface area contributed by atoms with Crippen LogP contribution in [0, 0.1) is 22.7 Å². The van der Waals surface area contributed by atoms with E-state index < -0.39 is 5.91 Å². The van der Waals surface area contributed by atoms with Crippen molar-refractivity contribution in [2.75, 3.05) is 6.54 Å². The largest absolute Gasteiger partial charge is 0.372 e. The Morgan fingerprint density at radius 1 is 1.44 bits per heavy atom. The Morgan fingerprint density at radius 2 is 2.17 bits per heavy atom. The number of nitrogens with zero attached hydrogens (tertiary/aromatic N) is 2. The van der Waals surface area contributed by atoms with Crippen LogP contribution in [0.1, 0.15) is 33.1 Å². The van der Waals surface area contributed by atoms with Gasteiger partial charge in [-0.05, 0) is 51.2 Å². The van der Waals surface area contributed by atoms with Crippen LogP contribution in [0.25, 0.3) is 0 Å². The Kier molecular flexibility index (Phi) is 3.61. The van der Waals surface area contributed by atoms with Crippen molar-refractivity contribution < 1.29 is 9.53 Å². The van der Waals surface area contributed by atoms with Gasteiger partial charge in [-0.2, -0.15) is 0 Å². The number of rotatable bonds is 4. The topological polar surface area (TPSA) is 68.1 Å². The van der Waals surface area contributed by atoms with E-state index in [4.69, 9.17) is 4.74 Å². The zero-order valence-corrected chi connectivity index (χ0v) is 11.0. The molecule has 1 heterocycles. The average Bonchev–Trinajstić information content (AvgIpc) is 2.76. The Labute approximate surface area is 107 Å². The van der Waals surface area contributed by atoms with Crippen LogP contribution in [0.2, 0.25) is 0 Å². The van der Waals surface area contributed by atoms with Gasteiger partial charge >= 0.3 is 0 Å². The van der Waals surface area contributed by atoms with Crippen LogP contribution in [-0.4, -0.2) is 30.9 Å². The van der Waals surface area contributed by atoms with Gasteiger partial charge in [0.25, 0.3) is 5.91 Å². The first-order valence-electron chi connectivity index (χ1n) is 6.43. The molecule has 2 rings (SSSR count). The maximum atomic E-state index is 11.2. The molecule has 0 aromatic heterocycles. The van der Waals surface area contributed by atoms with Crippen LogP contribution in [0.5, 0.6) is 0 Å². The van der Waals surface area contributed by atoms with Gasteiger partial charge in [0.2, 0.25) is 0 Å². The molecule has 5 nitrogen and oxygen atoms in total. The molecule has 0 aromatic carbocycles. The third kappa shape index (κ3) is 2.51. The molecule has 2 aliphatic rings. The van der Waals surface area contributed by atoms with Crippen molar-refractivity contribution in [3.63, 3.8) is 0 Å². The SMILES string of the molecule is C=NC[C@H]1CC(CC(=O)N=O)C2OC(C)(C)CC21. The molecule has 1 saturated heterocycles. The quantitative estimate of drug-likeness (QED) is 0.569. The smallest absolute Gasteiger partial charge is 0.286 e. The van der Waals surface area contributed by atoms with Gasteiger partial charge < -0.3 is 9.73 Å². The van der Waals surface area contributed by atoms with Gasteiger partial charge in [-0.25, -0.2) is 0 Å². The lowest BCUT2D eigenvalue weighted by Crippen LogP contribution is -2.25. The lowest BCUT2D eigenvalue weighted by atomic mass is 9.88. The monoisotopic (exact) mass is 252 g/mol. The second kappa shape index (κ2) is 4.88. The summed E-state index contributed by atoms with van der Waals surface area (Å²) in [6, 6.07) is 0. The van der Waals surface area contributed by atoms with Gasteiger partial charge in [0, 0.05) is 18.1 Å². The molecule has 1 aliphatic heterocycles. The number of carbonyl (C=O) groups excluding carboxylic acids is 1. The molecular weight excluding hydrogens is 232 g/mol. The Balaban J connectivity index is 2.11. The van der Waals surface area contributed by atoms with E-state index in [-0.39, 0.29) is 24.0 Å². The molecule has 0 radical (unpaired) electrons. The number of amides is 1. The summed E-state index contributed by atoms with van der Waals surface area (Å²) < 4.78 is 6.05.